The first kappa shape index (κ1) is 22.9. The summed E-state index contributed by atoms with van der Waals surface area (Å²) in [5, 5.41) is 3.08. The number of carbonyl (C=O) groups excluding carboxylic acids is 1. The fourth-order valence-corrected chi connectivity index (χ4v) is 5.54. The lowest BCUT2D eigenvalue weighted by Crippen LogP contribution is -2.57. The van der Waals surface area contributed by atoms with Crippen LogP contribution in [0.15, 0.2) is 30.5 Å². The van der Waals surface area contributed by atoms with E-state index >= 15 is 0 Å². The van der Waals surface area contributed by atoms with Crippen LogP contribution in [0.4, 0.5) is 4.39 Å². The van der Waals surface area contributed by atoms with E-state index in [1.807, 2.05) is 19.2 Å². The summed E-state index contributed by atoms with van der Waals surface area (Å²) in [6.45, 7) is 14.2. The Kier molecular flexibility index (Phi) is 6.40. The van der Waals surface area contributed by atoms with E-state index in [1.54, 1.807) is 13.0 Å². The molecule has 164 valence electrons. The molecule has 0 aromatic carbocycles. The van der Waals surface area contributed by atoms with E-state index in [9.17, 15) is 9.18 Å². The molecule has 1 fully saturated rings. The first-order valence-corrected chi connectivity index (χ1v) is 11.5. The average Bonchev–Trinajstić information content (AvgIpc) is 3.27. The van der Waals surface area contributed by atoms with Gasteiger partial charge in [-0.25, -0.2) is 0 Å². The van der Waals surface area contributed by atoms with E-state index in [0.29, 0.717) is 0 Å². The molecule has 0 saturated carbocycles. The van der Waals surface area contributed by atoms with Crippen molar-refractivity contribution in [2.75, 3.05) is 13.1 Å². The standard InChI is InChI=1S/C24H34FN3OS/c1-17-7-8-19(15-26-17)22(3,4)28-14-13-24(16-28,23(5,6)27-18(2)29)12-11-20-9-10-21(25)30-20/h7-10,15H,11-14,16H2,1-6H3,(H,27,29). The van der Waals surface area contributed by atoms with Crippen molar-refractivity contribution >= 4 is 17.2 Å². The van der Waals surface area contributed by atoms with Gasteiger partial charge in [-0.15, -0.1) is 11.3 Å². The average molecular weight is 432 g/mol. The van der Waals surface area contributed by atoms with Crippen molar-refractivity contribution in [2.24, 2.45) is 5.41 Å². The van der Waals surface area contributed by atoms with E-state index in [0.717, 1.165) is 42.9 Å². The van der Waals surface area contributed by atoms with E-state index < -0.39 is 0 Å². The first-order valence-electron chi connectivity index (χ1n) is 10.7. The summed E-state index contributed by atoms with van der Waals surface area (Å²) in [5.41, 5.74) is 1.57. The number of hydrogen-bond donors (Lipinski definition) is 1. The van der Waals surface area contributed by atoms with Crippen molar-refractivity contribution in [3.63, 3.8) is 0 Å². The zero-order valence-electron chi connectivity index (χ0n) is 19.0. The van der Waals surface area contributed by atoms with Crippen LogP contribution in [0.1, 0.15) is 63.6 Å². The molecule has 4 nitrogen and oxygen atoms in total. The highest BCUT2D eigenvalue weighted by molar-refractivity contribution is 7.10. The molecule has 2 aromatic rings. The van der Waals surface area contributed by atoms with Gasteiger partial charge in [0.2, 0.25) is 5.91 Å². The van der Waals surface area contributed by atoms with Gasteiger partial charge in [-0.1, -0.05) is 6.07 Å². The molecule has 30 heavy (non-hydrogen) atoms. The highest BCUT2D eigenvalue weighted by atomic mass is 32.1. The van der Waals surface area contributed by atoms with Gasteiger partial charge in [-0.3, -0.25) is 14.7 Å². The van der Waals surface area contributed by atoms with E-state index in [1.165, 1.54) is 16.9 Å². The van der Waals surface area contributed by atoms with Gasteiger partial charge in [0.15, 0.2) is 5.13 Å². The highest BCUT2D eigenvalue weighted by Crippen LogP contribution is 2.48. The summed E-state index contributed by atoms with van der Waals surface area (Å²) in [6.07, 6.45) is 4.68. The first-order chi connectivity index (χ1) is 13.9. The highest BCUT2D eigenvalue weighted by Gasteiger charge is 2.52. The van der Waals surface area contributed by atoms with Gasteiger partial charge in [-0.05, 0) is 84.2 Å². The van der Waals surface area contributed by atoms with Crippen molar-refractivity contribution in [1.29, 1.82) is 0 Å². The lowest BCUT2D eigenvalue weighted by atomic mass is 9.67. The van der Waals surface area contributed by atoms with Crippen LogP contribution in [0.3, 0.4) is 0 Å². The Bertz CT molecular complexity index is 890. The number of amides is 1. The monoisotopic (exact) mass is 431 g/mol. The fourth-order valence-electron chi connectivity index (χ4n) is 4.81. The van der Waals surface area contributed by atoms with Crippen molar-refractivity contribution < 1.29 is 9.18 Å². The normalized spacial score (nSPS) is 20.5. The predicted molar refractivity (Wildman–Crippen MR) is 121 cm³/mol. The van der Waals surface area contributed by atoms with Crippen LogP contribution in [0.2, 0.25) is 0 Å². The second-order valence-corrected chi connectivity index (χ2v) is 10.8. The number of halogens is 1. The number of nitrogens with zero attached hydrogens (tertiary/aromatic N) is 2. The minimum atomic E-state index is -0.370. The van der Waals surface area contributed by atoms with Gasteiger partial charge < -0.3 is 5.32 Å². The molecule has 2 aromatic heterocycles. The van der Waals surface area contributed by atoms with E-state index in [4.69, 9.17) is 0 Å². The summed E-state index contributed by atoms with van der Waals surface area (Å²) in [5.74, 6) is -0.0120. The van der Waals surface area contributed by atoms with Gasteiger partial charge >= 0.3 is 0 Å². The number of pyridine rings is 1. The number of nitrogens with one attached hydrogen (secondary N) is 1. The summed E-state index contributed by atoms with van der Waals surface area (Å²) < 4.78 is 13.5. The second kappa shape index (κ2) is 8.39. The van der Waals surface area contributed by atoms with Crippen LogP contribution in [0, 0.1) is 17.5 Å². The maximum atomic E-state index is 13.5. The quantitative estimate of drug-likeness (QED) is 0.666. The molecule has 3 heterocycles. The smallest absolute Gasteiger partial charge is 0.217 e. The Morgan fingerprint density at radius 1 is 1.27 bits per heavy atom. The van der Waals surface area contributed by atoms with Crippen LogP contribution in [0.5, 0.6) is 0 Å². The maximum Gasteiger partial charge on any atom is 0.217 e. The zero-order chi connectivity index (χ0) is 22.2. The number of aromatic nitrogens is 1. The molecule has 1 unspecified atom stereocenters. The molecule has 1 aliphatic heterocycles. The van der Waals surface area contributed by atoms with Gasteiger partial charge in [-0.2, -0.15) is 4.39 Å². The molecule has 6 heteroatoms. The number of rotatable bonds is 7. The Morgan fingerprint density at radius 3 is 2.57 bits per heavy atom. The van der Waals surface area contributed by atoms with Crippen LogP contribution in [-0.4, -0.2) is 34.4 Å². The summed E-state index contributed by atoms with van der Waals surface area (Å²) in [4.78, 5) is 20.1. The molecule has 0 aliphatic carbocycles. The molecule has 1 amide bonds. The van der Waals surface area contributed by atoms with E-state index in [-0.39, 0.29) is 27.5 Å². The molecule has 0 radical (unpaired) electrons. The number of aryl methyl sites for hydroxylation is 2. The molecular formula is C24H34FN3OS. The third-order valence-electron chi connectivity index (χ3n) is 7.06. The van der Waals surface area contributed by atoms with E-state index in [2.05, 4.69) is 55.0 Å². The molecule has 0 bridgehead atoms. The van der Waals surface area contributed by atoms with Gasteiger partial charge in [0.25, 0.3) is 0 Å². The number of likely N-dealkylation sites (tertiary alicyclic amines) is 1. The third-order valence-corrected chi connectivity index (χ3v) is 7.99. The second-order valence-electron chi connectivity index (χ2n) is 9.71. The molecule has 1 atom stereocenters. The number of hydrogen-bond acceptors (Lipinski definition) is 4. The topological polar surface area (TPSA) is 45.2 Å². The lowest BCUT2D eigenvalue weighted by molar-refractivity contribution is -0.122. The van der Waals surface area contributed by atoms with Gasteiger partial charge in [0, 0.05) is 46.7 Å². The molecule has 1 saturated heterocycles. The van der Waals surface area contributed by atoms with Crippen molar-refractivity contribution in [2.45, 2.75) is 71.9 Å². The fraction of sp³-hybridized carbons (Fsp3) is 0.583. The van der Waals surface area contributed by atoms with Crippen LogP contribution in [0.25, 0.3) is 0 Å². The van der Waals surface area contributed by atoms with Crippen LogP contribution >= 0.6 is 11.3 Å². The minimum absolute atomic E-state index is 0.0120. The van der Waals surface area contributed by atoms with Crippen LogP contribution < -0.4 is 5.32 Å². The maximum absolute atomic E-state index is 13.5. The van der Waals surface area contributed by atoms with Gasteiger partial charge in [0.1, 0.15) is 0 Å². The van der Waals surface area contributed by atoms with Crippen molar-refractivity contribution in [1.82, 2.24) is 15.2 Å². The largest absolute Gasteiger partial charge is 0.351 e. The molecular weight excluding hydrogens is 397 g/mol. The summed E-state index contributed by atoms with van der Waals surface area (Å²) in [7, 11) is 0. The van der Waals surface area contributed by atoms with Crippen molar-refractivity contribution in [3.05, 3.63) is 51.7 Å². The SMILES string of the molecule is CC(=O)NC(C)(C)C1(CCc2ccc(F)s2)CCN(C(C)(C)c2ccc(C)nc2)C1. The Hall–Kier alpha value is -1.79. The van der Waals surface area contributed by atoms with Crippen molar-refractivity contribution in [3.8, 4) is 0 Å². The van der Waals surface area contributed by atoms with Gasteiger partial charge in [0.05, 0.1) is 0 Å². The summed E-state index contributed by atoms with van der Waals surface area (Å²) in [6, 6.07) is 7.65. The number of thiophene rings is 1. The Labute approximate surface area is 183 Å². The predicted octanol–water partition coefficient (Wildman–Crippen LogP) is 5.07. The Balaban J connectivity index is 1.87. The molecule has 1 aliphatic rings. The third kappa shape index (κ3) is 4.59. The molecule has 1 N–H and O–H groups in total. The minimum Gasteiger partial charge on any atom is -0.351 e. The number of carbonyl (C=O) groups is 1. The molecule has 3 rings (SSSR count). The Morgan fingerprint density at radius 2 is 2.00 bits per heavy atom. The lowest BCUT2D eigenvalue weighted by Gasteiger charge is -2.46. The molecule has 0 spiro atoms. The summed E-state index contributed by atoms with van der Waals surface area (Å²) >= 11 is 1.22. The van der Waals surface area contributed by atoms with Crippen LogP contribution in [-0.2, 0) is 16.8 Å². The zero-order valence-corrected chi connectivity index (χ0v) is 19.8.